The van der Waals surface area contributed by atoms with E-state index in [0.717, 1.165) is 0 Å². The number of aryl methyl sites for hydroxylation is 1. The van der Waals surface area contributed by atoms with E-state index in [1.165, 1.54) is 12.1 Å². The lowest BCUT2D eigenvalue weighted by Gasteiger charge is -2.10. The fourth-order valence-corrected chi connectivity index (χ4v) is 2.48. The van der Waals surface area contributed by atoms with Gasteiger partial charge in [0.15, 0.2) is 0 Å². The number of hydrogen-bond donors (Lipinski definition) is 1. The van der Waals surface area contributed by atoms with Gasteiger partial charge in [-0.05, 0) is 24.3 Å². The van der Waals surface area contributed by atoms with Crippen molar-refractivity contribution in [3.05, 3.63) is 59.7 Å². The van der Waals surface area contributed by atoms with Crippen LogP contribution in [0.1, 0.15) is 23.1 Å². The molecule has 0 fully saturated rings. The van der Waals surface area contributed by atoms with Crippen molar-refractivity contribution in [1.82, 2.24) is 9.55 Å². The van der Waals surface area contributed by atoms with E-state index in [1.54, 1.807) is 34.9 Å². The topological polar surface area (TPSA) is 55.1 Å². The van der Waals surface area contributed by atoms with Gasteiger partial charge in [-0.1, -0.05) is 25.1 Å². The van der Waals surface area contributed by atoms with Crippen LogP contribution in [-0.4, -0.2) is 20.6 Å². The van der Waals surface area contributed by atoms with Gasteiger partial charge >= 0.3 is 5.97 Å². The Morgan fingerprint density at radius 2 is 2.00 bits per heavy atom. The molecule has 0 spiro atoms. The summed E-state index contributed by atoms with van der Waals surface area (Å²) in [6.45, 7) is 1.90. The lowest BCUT2D eigenvalue weighted by Crippen LogP contribution is -2.06. The molecule has 0 atom stereocenters. The van der Waals surface area contributed by atoms with Gasteiger partial charge in [-0.15, -0.1) is 0 Å². The minimum atomic E-state index is -1.05. The van der Waals surface area contributed by atoms with E-state index in [9.17, 15) is 14.3 Å². The number of benzene rings is 2. The Labute approximate surface area is 120 Å². The maximum atomic E-state index is 14.1. The second-order valence-corrected chi connectivity index (χ2v) is 4.65. The molecule has 0 unspecified atom stereocenters. The number of halogens is 1. The first kappa shape index (κ1) is 13.3. The van der Waals surface area contributed by atoms with E-state index in [-0.39, 0.29) is 5.56 Å². The van der Waals surface area contributed by atoms with Crippen molar-refractivity contribution in [3.8, 4) is 5.69 Å². The highest BCUT2D eigenvalue weighted by Crippen LogP contribution is 2.26. The Kier molecular flexibility index (Phi) is 3.17. The molecule has 1 heterocycles. The van der Waals surface area contributed by atoms with Crippen LogP contribution in [0.2, 0.25) is 0 Å². The van der Waals surface area contributed by atoms with Crippen LogP contribution in [-0.2, 0) is 6.42 Å². The van der Waals surface area contributed by atoms with Crippen LogP contribution >= 0.6 is 0 Å². The maximum Gasteiger partial charge on any atom is 0.337 e. The average molecular weight is 284 g/mol. The minimum absolute atomic E-state index is 0.114. The molecule has 0 aliphatic rings. The molecular weight excluding hydrogens is 271 g/mol. The van der Waals surface area contributed by atoms with Crippen LogP contribution in [0.3, 0.4) is 0 Å². The molecule has 0 bridgehead atoms. The first-order valence-corrected chi connectivity index (χ1v) is 6.62. The summed E-state index contributed by atoms with van der Waals surface area (Å²) in [5.74, 6) is -0.837. The van der Waals surface area contributed by atoms with Crippen LogP contribution in [0.4, 0.5) is 4.39 Å². The lowest BCUT2D eigenvalue weighted by atomic mass is 10.1. The predicted octanol–water partition coefficient (Wildman–Crippen LogP) is 3.43. The number of carboxylic acids is 1. The van der Waals surface area contributed by atoms with Gasteiger partial charge in [-0.25, -0.2) is 14.2 Å². The molecule has 3 aromatic rings. The van der Waals surface area contributed by atoms with Crippen LogP contribution in [0.5, 0.6) is 0 Å². The van der Waals surface area contributed by atoms with Crippen molar-refractivity contribution in [2.45, 2.75) is 13.3 Å². The summed E-state index contributed by atoms with van der Waals surface area (Å²) in [6.07, 6.45) is 0.572. The molecule has 1 N–H and O–H groups in total. The largest absolute Gasteiger partial charge is 0.478 e. The normalized spacial score (nSPS) is 11.0. The standard InChI is InChI=1S/C16H13FN2O2/c1-2-14-18-12-8-5-6-10(16(20)21)15(12)19(14)13-9-4-3-7-11(13)17/h3-9H,2H2,1H3,(H,20,21). The average Bonchev–Trinajstić information content (AvgIpc) is 2.86. The summed E-state index contributed by atoms with van der Waals surface area (Å²) in [6, 6.07) is 11.2. The molecule has 5 heteroatoms. The molecule has 0 aliphatic carbocycles. The van der Waals surface area contributed by atoms with Gasteiger partial charge < -0.3 is 5.11 Å². The zero-order valence-electron chi connectivity index (χ0n) is 11.4. The van der Waals surface area contributed by atoms with E-state index in [1.807, 2.05) is 6.92 Å². The molecule has 4 nitrogen and oxygen atoms in total. The molecule has 1 aromatic heterocycles. The third kappa shape index (κ3) is 2.07. The molecule has 0 amide bonds. The van der Waals surface area contributed by atoms with Crippen LogP contribution in [0.25, 0.3) is 16.7 Å². The first-order valence-electron chi connectivity index (χ1n) is 6.62. The van der Waals surface area contributed by atoms with E-state index >= 15 is 0 Å². The Morgan fingerprint density at radius 3 is 2.67 bits per heavy atom. The lowest BCUT2D eigenvalue weighted by molar-refractivity contribution is 0.0698. The van der Waals surface area contributed by atoms with Crippen LogP contribution < -0.4 is 0 Å². The summed E-state index contributed by atoms with van der Waals surface area (Å²) in [5.41, 5.74) is 1.40. The molecule has 21 heavy (non-hydrogen) atoms. The molecule has 0 saturated heterocycles. The smallest absolute Gasteiger partial charge is 0.337 e. The van der Waals surface area contributed by atoms with E-state index in [4.69, 9.17) is 0 Å². The fraction of sp³-hybridized carbons (Fsp3) is 0.125. The van der Waals surface area contributed by atoms with Crippen molar-refractivity contribution in [3.63, 3.8) is 0 Å². The number of fused-ring (bicyclic) bond motifs is 1. The Balaban J connectivity index is 2.45. The van der Waals surface area contributed by atoms with Crippen molar-refractivity contribution in [1.29, 1.82) is 0 Å². The molecule has 0 aliphatic heterocycles. The number of carboxylic acid groups (broad SMARTS) is 1. The third-order valence-electron chi connectivity index (χ3n) is 3.39. The van der Waals surface area contributed by atoms with Crippen molar-refractivity contribution >= 4 is 17.0 Å². The van der Waals surface area contributed by atoms with Gasteiger partial charge in [0.25, 0.3) is 0 Å². The highest BCUT2D eigenvalue weighted by Gasteiger charge is 2.19. The number of hydrogen-bond acceptors (Lipinski definition) is 2. The summed E-state index contributed by atoms with van der Waals surface area (Å²) < 4.78 is 15.7. The van der Waals surface area contributed by atoms with Gasteiger partial charge in [-0.2, -0.15) is 0 Å². The Hall–Kier alpha value is -2.69. The van der Waals surface area contributed by atoms with Crippen LogP contribution in [0.15, 0.2) is 42.5 Å². The quantitative estimate of drug-likeness (QED) is 0.801. The number of nitrogens with zero attached hydrogens (tertiary/aromatic N) is 2. The molecule has 0 saturated carbocycles. The van der Waals surface area contributed by atoms with E-state index in [2.05, 4.69) is 4.98 Å². The molecule has 3 rings (SSSR count). The van der Waals surface area contributed by atoms with Gasteiger partial charge in [0.2, 0.25) is 0 Å². The van der Waals surface area contributed by atoms with Crippen molar-refractivity contribution < 1.29 is 14.3 Å². The number of para-hydroxylation sites is 2. The molecular formula is C16H13FN2O2. The Bertz CT molecular complexity index is 839. The summed E-state index contributed by atoms with van der Waals surface area (Å²) in [5, 5.41) is 9.37. The zero-order chi connectivity index (χ0) is 15.0. The maximum absolute atomic E-state index is 14.1. The Morgan fingerprint density at radius 1 is 1.24 bits per heavy atom. The van der Waals surface area contributed by atoms with Crippen LogP contribution in [0, 0.1) is 5.82 Å². The van der Waals surface area contributed by atoms with E-state index in [0.29, 0.717) is 29.0 Å². The van der Waals surface area contributed by atoms with Gasteiger partial charge in [0.1, 0.15) is 11.6 Å². The van der Waals surface area contributed by atoms with Crippen molar-refractivity contribution in [2.24, 2.45) is 0 Å². The van der Waals surface area contributed by atoms with Crippen molar-refractivity contribution in [2.75, 3.05) is 0 Å². The number of aromatic nitrogens is 2. The second-order valence-electron chi connectivity index (χ2n) is 4.65. The highest BCUT2D eigenvalue weighted by atomic mass is 19.1. The summed E-state index contributed by atoms with van der Waals surface area (Å²) in [4.78, 5) is 15.9. The number of aromatic carboxylic acids is 1. The van der Waals surface area contributed by atoms with Gasteiger partial charge in [0.05, 0.1) is 22.3 Å². The number of imidazole rings is 1. The first-order chi connectivity index (χ1) is 10.1. The number of rotatable bonds is 3. The highest BCUT2D eigenvalue weighted by molar-refractivity contribution is 6.01. The monoisotopic (exact) mass is 284 g/mol. The summed E-state index contributed by atoms with van der Waals surface area (Å²) in [7, 11) is 0. The van der Waals surface area contributed by atoms with E-state index < -0.39 is 11.8 Å². The minimum Gasteiger partial charge on any atom is -0.478 e. The molecule has 0 radical (unpaired) electrons. The fourth-order valence-electron chi connectivity index (χ4n) is 2.48. The third-order valence-corrected chi connectivity index (χ3v) is 3.39. The number of carbonyl (C=O) groups is 1. The molecule has 106 valence electrons. The SMILES string of the molecule is CCc1nc2cccc(C(=O)O)c2n1-c1ccccc1F. The van der Waals surface area contributed by atoms with Gasteiger partial charge in [-0.3, -0.25) is 4.57 Å². The molecule has 2 aromatic carbocycles. The van der Waals surface area contributed by atoms with Gasteiger partial charge in [0, 0.05) is 6.42 Å². The predicted molar refractivity (Wildman–Crippen MR) is 77.4 cm³/mol. The zero-order valence-corrected chi connectivity index (χ0v) is 11.4. The second kappa shape index (κ2) is 5.01. The summed E-state index contributed by atoms with van der Waals surface area (Å²) >= 11 is 0.